The summed E-state index contributed by atoms with van der Waals surface area (Å²) in [7, 11) is 0. The first-order valence-electron chi connectivity index (χ1n) is 6.71. The molecule has 2 aromatic heterocycles. The molecule has 0 unspecified atom stereocenters. The first kappa shape index (κ1) is 12.6. The molecule has 6 heteroatoms. The van der Waals surface area contributed by atoms with Gasteiger partial charge in [0.05, 0.1) is 16.7 Å². The van der Waals surface area contributed by atoms with E-state index in [9.17, 15) is 9.50 Å². The minimum atomic E-state index is -0.315. The molecule has 2 N–H and O–H groups in total. The van der Waals surface area contributed by atoms with Gasteiger partial charge in [-0.15, -0.1) is 0 Å². The molecule has 0 spiro atoms. The number of halogens is 1. The lowest BCUT2D eigenvalue weighted by Crippen LogP contribution is -1.98. The van der Waals surface area contributed by atoms with Gasteiger partial charge in [0.2, 0.25) is 11.8 Å². The van der Waals surface area contributed by atoms with Gasteiger partial charge in [-0.2, -0.15) is 9.78 Å². The first-order chi connectivity index (χ1) is 10.7. The summed E-state index contributed by atoms with van der Waals surface area (Å²) in [5.41, 5.74) is 2.90. The van der Waals surface area contributed by atoms with Crippen molar-refractivity contribution in [3.63, 3.8) is 0 Å². The number of hydrogen-bond donors (Lipinski definition) is 2. The number of hydrogen-bond acceptors (Lipinski definition) is 3. The van der Waals surface area contributed by atoms with Gasteiger partial charge in [0.1, 0.15) is 5.82 Å². The summed E-state index contributed by atoms with van der Waals surface area (Å²) in [6.07, 6.45) is 0. The number of aromatic hydroxyl groups is 1. The SMILES string of the molecule is Oc1cc(-c2ccc(F)cc2)nn1-c1nc2ccccc2[nH]1. The lowest BCUT2D eigenvalue weighted by molar-refractivity contribution is 0.430. The second-order valence-electron chi connectivity index (χ2n) is 4.88. The van der Waals surface area contributed by atoms with Gasteiger partial charge < -0.3 is 10.1 Å². The number of rotatable bonds is 2. The van der Waals surface area contributed by atoms with Crippen molar-refractivity contribution in [3.8, 4) is 23.1 Å². The molecule has 0 radical (unpaired) electrons. The van der Waals surface area contributed by atoms with Gasteiger partial charge in [0.25, 0.3) is 0 Å². The van der Waals surface area contributed by atoms with Crippen molar-refractivity contribution in [2.45, 2.75) is 0 Å². The Labute approximate surface area is 124 Å². The van der Waals surface area contributed by atoms with Crippen LogP contribution in [0.25, 0.3) is 28.2 Å². The Hall–Kier alpha value is -3.15. The topological polar surface area (TPSA) is 66.7 Å². The Morgan fingerprint density at radius 1 is 1.05 bits per heavy atom. The molecular weight excluding hydrogens is 283 g/mol. The number of aromatic nitrogens is 4. The molecule has 2 heterocycles. The smallest absolute Gasteiger partial charge is 0.232 e. The quantitative estimate of drug-likeness (QED) is 0.596. The zero-order valence-corrected chi connectivity index (χ0v) is 11.4. The third-order valence-corrected chi connectivity index (χ3v) is 3.41. The van der Waals surface area contributed by atoms with Crippen molar-refractivity contribution >= 4 is 11.0 Å². The molecule has 0 atom stereocenters. The normalized spacial score (nSPS) is 11.1. The number of nitrogens with one attached hydrogen (secondary N) is 1. The summed E-state index contributed by atoms with van der Waals surface area (Å²) in [6.45, 7) is 0. The number of imidazole rings is 1. The van der Waals surface area contributed by atoms with Crippen molar-refractivity contribution in [2.24, 2.45) is 0 Å². The summed E-state index contributed by atoms with van der Waals surface area (Å²) in [5, 5.41) is 14.4. The van der Waals surface area contributed by atoms with Crippen molar-refractivity contribution in [1.29, 1.82) is 0 Å². The molecule has 0 saturated carbocycles. The maximum absolute atomic E-state index is 13.0. The predicted octanol–water partition coefficient (Wildman–Crippen LogP) is 3.26. The molecule has 4 rings (SSSR count). The highest BCUT2D eigenvalue weighted by atomic mass is 19.1. The largest absolute Gasteiger partial charge is 0.493 e. The van der Waals surface area contributed by atoms with E-state index in [1.54, 1.807) is 12.1 Å². The van der Waals surface area contributed by atoms with Crippen LogP contribution in [0.4, 0.5) is 4.39 Å². The molecule has 0 aliphatic heterocycles. The van der Waals surface area contributed by atoms with Gasteiger partial charge >= 0.3 is 0 Å². The van der Waals surface area contributed by atoms with Crippen molar-refractivity contribution in [2.75, 3.05) is 0 Å². The molecule has 108 valence electrons. The number of benzene rings is 2. The van der Waals surface area contributed by atoms with E-state index in [4.69, 9.17) is 0 Å². The number of aromatic amines is 1. The molecule has 22 heavy (non-hydrogen) atoms. The minimum Gasteiger partial charge on any atom is -0.493 e. The van der Waals surface area contributed by atoms with Gasteiger partial charge in [-0.25, -0.2) is 9.37 Å². The second-order valence-corrected chi connectivity index (χ2v) is 4.88. The third kappa shape index (κ3) is 2.01. The monoisotopic (exact) mass is 294 g/mol. The van der Waals surface area contributed by atoms with Gasteiger partial charge in [-0.05, 0) is 36.4 Å². The van der Waals surface area contributed by atoms with E-state index >= 15 is 0 Å². The first-order valence-corrected chi connectivity index (χ1v) is 6.71. The summed E-state index contributed by atoms with van der Waals surface area (Å²) in [6, 6.07) is 15.0. The van der Waals surface area contributed by atoms with Gasteiger partial charge in [-0.3, -0.25) is 0 Å². The Kier molecular flexibility index (Phi) is 2.69. The fourth-order valence-corrected chi connectivity index (χ4v) is 2.33. The van der Waals surface area contributed by atoms with E-state index in [1.165, 1.54) is 22.9 Å². The maximum Gasteiger partial charge on any atom is 0.232 e. The molecular formula is C16H11FN4O. The van der Waals surface area contributed by atoms with Crippen LogP contribution in [0, 0.1) is 5.82 Å². The molecule has 4 aromatic rings. The fraction of sp³-hybridized carbons (Fsp3) is 0. The lowest BCUT2D eigenvalue weighted by Gasteiger charge is -1.97. The Morgan fingerprint density at radius 2 is 1.82 bits per heavy atom. The zero-order valence-electron chi connectivity index (χ0n) is 11.4. The average Bonchev–Trinajstić information content (AvgIpc) is 3.11. The predicted molar refractivity (Wildman–Crippen MR) is 80.3 cm³/mol. The van der Waals surface area contributed by atoms with E-state index < -0.39 is 0 Å². The van der Waals surface area contributed by atoms with Crippen LogP contribution in [0.3, 0.4) is 0 Å². The lowest BCUT2D eigenvalue weighted by atomic mass is 10.1. The standard InChI is InChI=1S/C16H11FN4O/c17-11-7-5-10(6-8-11)14-9-15(22)21(20-14)16-18-12-3-1-2-4-13(12)19-16/h1-9,22H,(H,18,19). The van der Waals surface area contributed by atoms with E-state index in [0.717, 1.165) is 11.0 Å². The molecule has 0 aliphatic carbocycles. The molecule has 0 amide bonds. The molecule has 0 fully saturated rings. The number of nitrogens with zero attached hydrogens (tertiary/aromatic N) is 3. The van der Waals surface area contributed by atoms with Crippen LogP contribution in [0.15, 0.2) is 54.6 Å². The Bertz CT molecular complexity index is 923. The number of H-pyrrole nitrogens is 1. The van der Waals surface area contributed by atoms with Crippen LogP contribution in [0.2, 0.25) is 0 Å². The average molecular weight is 294 g/mol. The summed E-state index contributed by atoms with van der Waals surface area (Å²) in [5.74, 6) is 0.0649. The molecule has 0 bridgehead atoms. The Balaban J connectivity index is 1.81. The highest BCUT2D eigenvalue weighted by molar-refractivity contribution is 5.76. The third-order valence-electron chi connectivity index (χ3n) is 3.41. The van der Waals surface area contributed by atoms with Crippen LogP contribution in [-0.2, 0) is 0 Å². The summed E-state index contributed by atoms with van der Waals surface area (Å²) >= 11 is 0. The summed E-state index contributed by atoms with van der Waals surface area (Å²) in [4.78, 5) is 7.49. The van der Waals surface area contributed by atoms with Crippen LogP contribution < -0.4 is 0 Å². The van der Waals surface area contributed by atoms with E-state index in [1.807, 2.05) is 24.3 Å². The second kappa shape index (κ2) is 4.70. The highest BCUT2D eigenvalue weighted by Gasteiger charge is 2.13. The fourth-order valence-electron chi connectivity index (χ4n) is 2.33. The zero-order chi connectivity index (χ0) is 15.1. The highest BCUT2D eigenvalue weighted by Crippen LogP contribution is 2.25. The van der Waals surface area contributed by atoms with E-state index in [2.05, 4.69) is 15.1 Å². The minimum absolute atomic E-state index is 0.0432. The van der Waals surface area contributed by atoms with Crippen LogP contribution >= 0.6 is 0 Å². The molecule has 2 aromatic carbocycles. The molecule has 0 saturated heterocycles. The van der Waals surface area contributed by atoms with Crippen LogP contribution in [-0.4, -0.2) is 24.9 Å². The molecule has 5 nitrogen and oxygen atoms in total. The van der Waals surface area contributed by atoms with Crippen LogP contribution in [0.5, 0.6) is 5.88 Å². The summed E-state index contributed by atoms with van der Waals surface area (Å²) < 4.78 is 14.3. The van der Waals surface area contributed by atoms with Crippen molar-refractivity contribution in [1.82, 2.24) is 19.7 Å². The number of para-hydroxylation sites is 2. The van der Waals surface area contributed by atoms with Gasteiger partial charge in [-0.1, -0.05) is 12.1 Å². The van der Waals surface area contributed by atoms with Gasteiger partial charge in [0.15, 0.2) is 0 Å². The number of fused-ring (bicyclic) bond motifs is 1. The van der Waals surface area contributed by atoms with Crippen molar-refractivity contribution in [3.05, 3.63) is 60.4 Å². The van der Waals surface area contributed by atoms with E-state index in [0.29, 0.717) is 17.2 Å². The maximum atomic E-state index is 13.0. The molecule has 0 aliphatic rings. The van der Waals surface area contributed by atoms with Gasteiger partial charge in [0, 0.05) is 11.6 Å². The van der Waals surface area contributed by atoms with E-state index in [-0.39, 0.29) is 11.7 Å². The Morgan fingerprint density at radius 3 is 2.59 bits per heavy atom. The van der Waals surface area contributed by atoms with Crippen LogP contribution in [0.1, 0.15) is 0 Å². The van der Waals surface area contributed by atoms with Crippen molar-refractivity contribution < 1.29 is 9.50 Å².